The Bertz CT molecular complexity index is 379. The minimum atomic E-state index is -0.0254. The van der Waals surface area contributed by atoms with E-state index >= 15 is 0 Å². The Morgan fingerprint density at radius 3 is 2.58 bits per heavy atom. The van der Waals surface area contributed by atoms with Gasteiger partial charge in [-0.05, 0) is 52.3 Å². The van der Waals surface area contributed by atoms with Crippen LogP contribution in [-0.2, 0) is 4.74 Å². The third kappa shape index (κ3) is 5.98. The first kappa shape index (κ1) is 16.5. The van der Waals surface area contributed by atoms with Crippen molar-refractivity contribution in [2.45, 2.75) is 50.2 Å². The van der Waals surface area contributed by atoms with Crippen LogP contribution in [0.4, 0.5) is 0 Å². The largest absolute Gasteiger partial charge is 0.379 e. The molecule has 0 amide bonds. The van der Waals surface area contributed by atoms with Crippen molar-refractivity contribution < 1.29 is 4.74 Å². The van der Waals surface area contributed by atoms with E-state index in [0.29, 0.717) is 6.04 Å². The van der Waals surface area contributed by atoms with Crippen molar-refractivity contribution in [3.05, 3.63) is 29.8 Å². The molecule has 1 unspecified atom stereocenters. The summed E-state index contributed by atoms with van der Waals surface area (Å²) in [4.78, 5) is 1.38. The smallest absolute Gasteiger partial charge is 0.0623 e. The average Bonchev–Trinajstić information content (AvgIpc) is 2.41. The molecule has 0 aliphatic rings. The van der Waals surface area contributed by atoms with Gasteiger partial charge in [-0.15, -0.1) is 11.8 Å². The lowest BCUT2D eigenvalue weighted by Gasteiger charge is -2.25. The lowest BCUT2D eigenvalue weighted by molar-refractivity contribution is 0.0123. The molecule has 0 saturated carbocycles. The van der Waals surface area contributed by atoms with E-state index in [1.165, 1.54) is 10.5 Å². The Kier molecular flexibility index (Phi) is 6.90. The van der Waals surface area contributed by atoms with Crippen LogP contribution < -0.4 is 5.32 Å². The van der Waals surface area contributed by atoms with Crippen LogP contribution in [0.2, 0.25) is 0 Å². The first-order valence-electron chi connectivity index (χ1n) is 6.89. The Balaban J connectivity index is 2.43. The number of ether oxygens (including phenoxy) is 1. The molecule has 19 heavy (non-hydrogen) atoms. The number of thioether (sulfide) groups is 1. The van der Waals surface area contributed by atoms with Crippen molar-refractivity contribution in [2.75, 3.05) is 19.9 Å². The third-order valence-corrected chi connectivity index (χ3v) is 4.93. The molecular weight excluding hydrogens is 254 g/mol. The normalized spacial score (nSPS) is 13.5. The third-order valence-electron chi connectivity index (χ3n) is 3.59. The van der Waals surface area contributed by atoms with Crippen molar-refractivity contribution in [3.8, 4) is 0 Å². The summed E-state index contributed by atoms with van der Waals surface area (Å²) in [5.74, 6) is 1.10. The second-order valence-corrected chi connectivity index (χ2v) is 6.63. The molecular formula is C16H27NOS. The molecule has 1 aromatic rings. The van der Waals surface area contributed by atoms with E-state index in [1.54, 1.807) is 7.11 Å². The van der Waals surface area contributed by atoms with E-state index in [1.807, 2.05) is 18.8 Å². The van der Waals surface area contributed by atoms with E-state index in [4.69, 9.17) is 4.74 Å². The van der Waals surface area contributed by atoms with Crippen LogP contribution in [0.25, 0.3) is 0 Å². The highest BCUT2D eigenvalue weighted by atomic mass is 32.2. The molecule has 0 aliphatic carbocycles. The fourth-order valence-corrected chi connectivity index (χ4v) is 3.03. The van der Waals surface area contributed by atoms with Gasteiger partial charge in [0.15, 0.2) is 0 Å². The molecule has 0 aliphatic heterocycles. The summed E-state index contributed by atoms with van der Waals surface area (Å²) >= 11 is 1.93. The van der Waals surface area contributed by atoms with Crippen molar-refractivity contribution >= 4 is 11.8 Å². The van der Waals surface area contributed by atoms with Crippen molar-refractivity contribution in [3.63, 3.8) is 0 Å². The lowest BCUT2D eigenvalue weighted by atomic mass is 9.99. The summed E-state index contributed by atoms with van der Waals surface area (Å²) in [6.45, 7) is 6.47. The minimum Gasteiger partial charge on any atom is -0.379 e. The van der Waals surface area contributed by atoms with E-state index in [2.05, 4.69) is 50.4 Å². The molecule has 0 saturated heterocycles. The van der Waals surface area contributed by atoms with Crippen LogP contribution in [-0.4, -0.2) is 31.6 Å². The van der Waals surface area contributed by atoms with Crippen LogP contribution in [0.5, 0.6) is 0 Å². The Labute approximate surface area is 122 Å². The topological polar surface area (TPSA) is 21.3 Å². The van der Waals surface area contributed by atoms with Gasteiger partial charge in [0.25, 0.3) is 0 Å². The molecule has 0 radical (unpaired) electrons. The fraction of sp³-hybridized carbons (Fsp3) is 0.625. The van der Waals surface area contributed by atoms with Crippen LogP contribution >= 0.6 is 11.8 Å². The van der Waals surface area contributed by atoms with Gasteiger partial charge >= 0.3 is 0 Å². The standard InChI is InChI=1S/C16H27NOS/c1-13-8-6-7-9-15(13)19-12-14(17-4)10-11-16(2,3)18-5/h6-9,14,17H,10-12H2,1-5H3. The maximum atomic E-state index is 5.48. The molecule has 0 fully saturated rings. The highest BCUT2D eigenvalue weighted by Crippen LogP contribution is 2.24. The zero-order valence-electron chi connectivity index (χ0n) is 12.8. The molecule has 1 aromatic carbocycles. The minimum absolute atomic E-state index is 0.0254. The van der Waals surface area contributed by atoms with Crippen LogP contribution in [0.15, 0.2) is 29.2 Å². The Morgan fingerprint density at radius 1 is 1.32 bits per heavy atom. The predicted molar refractivity (Wildman–Crippen MR) is 85.1 cm³/mol. The van der Waals surface area contributed by atoms with Crippen molar-refractivity contribution in [1.82, 2.24) is 5.32 Å². The van der Waals surface area contributed by atoms with Crippen LogP contribution in [0.3, 0.4) is 0 Å². The number of benzene rings is 1. The second-order valence-electron chi connectivity index (χ2n) is 5.56. The zero-order valence-corrected chi connectivity index (χ0v) is 13.6. The fourth-order valence-electron chi connectivity index (χ4n) is 1.84. The monoisotopic (exact) mass is 281 g/mol. The van der Waals surface area contributed by atoms with E-state index in [9.17, 15) is 0 Å². The van der Waals surface area contributed by atoms with E-state index in [-0.39, 0.29) is 5.60 Å². The van der Waals surface area contributed by atoms with E-state index < -0.39 is 0 Å². The van der Waals surface area contributed by atoms with Gasteiger partial charge in [0.2, 0.25) is 0 Å². The zero-order chi connectivity index (χ0) is 14.3. The number of rotatable bonds is 8. The van der Waals surface area contributed by atoms with Crippen LogP contribution in [0.1, 0.15) is 32.3 Å². The van der Waals surface area contributed by atoms with Gasteiger partial charge < -0.3 is 10.1 Å². The SMILES string of the molecule is CNC(CCC(C)(C)OC)CSc1ccccc1C. The summed E-state index contributed by atoms with van der Waals surface area (Å²) in [5.41, 5.74) is 1.34. The number of hydrogen-bond acceptors (Lipinski definition) is 3. The van der Waals surface area contributed by atoms with Gasteiger partial charge in [-0.2, -0.15) is 0 Å². The second kappa shape index (κ2) is 7.93. The summed E-state index contributed by atoms with van der Waals surface area (Å²) in [5, 5.41) is 3.41. The summed E-state index contributed by atoms with van der Waals surface area (Å²) in [7, 11) is 3.83. The van der Waals surface area contributed by atoms with Crippen LogP contribution in [0, 0.1) is 6.92 Å². The first-order chi connectivity index (χ1) is 8.98. The quantitative estimate of drug-likeness (QED) is 0.731. The molecule has 1 N–H and O–H groups in total. The number of hydrogen-bond donors (Lipinski definition) is 1. The highest BCUT2D eigenvalue weighted by Gasteiger charge is 2.18. The van der Waals surface area contributed by atoms with Crippen molar-refractivity contribution in [2.24, 2.45) is 0 Å². The molecule has 2 nitrogen and oxygen atoms in total. The molecule has 3 heteroatoms. The molecule has 0 bridgehead atoms. The van der Waals surface area contributed by atoms with Gasteiger partial charge in [-0.25, -0.2) is 0 Å². The molecule has 0 aromatic heterocycles. The summed E-state index contributed by atoms with van der Waals surface area (Å²) in [6.07, 6.45) is 2.21. The van der Waals surface area contributed by atoms with Gasteiger partial charge in [-0.1, -0.05) is 18.2 Å². The highest BCUT2D eigenvalue weighted by molar-refractivity contribution is 7.99. The first-order valence-corrected chi connectivity index (χ1v) is 7.88. The molecule has 0 heterocycles. The number of nitrogens with one attached hydrogen (secondary N) is 1. The van der Waals surface area contributed by atoms with E-state index in [0.717, 1.165) is 18.6 Å². The molecule has 1 atom stereocenters. The number of aryl methyl sites for hydroxylation is 1. The van der Waals surface area contributed by atoms with Gasteiger partial charge in [0.05, 0.1) is 5.60 Å². The average molecular weight is 281 g/mol. The molecule has 1 rings (SSSR count). The number of methoxy groups -OCH3 is 1. The molecule has 0 spiro atoms. The summed E-state index contributed by atoms with van der Waals surface area (Å²) in [6, 6.07) is 9.10. The van der Waals surface area contributed by atoms with Crippen molar-refractivity contribution in [1.29, 1.82) is 0 Å². The summed E-state index contributed by atoms with van der Waals surface area (Å²) < 4.78 is 5.48. The predicted octanol–water partition coefficient (Wildman–Crippen LogP) is 3.88. The Morgan fingerprint density at radius 2 is 2.00 bits per heavy atom. The van der Waals surface area contributed by atoms with Gasteiger partial charge in [0.1, 0.15) is 0 Å². The van der Waals surface area contributed by atoms with Gasteiger partial charge in [0, 0.05) is 23.8 Å². The van der Waals surface area contributed by atoms with Gasteiger partial charge in [-0.3, -0.25) is 0 Å². The lowest BCUT2D eigenvalue weighted by Crippen LogP contribution is -2.32. The maximum absolute atomic E-state index is 5.48. The molecule has 108 valence electrons. The Hall–Kier alpha value is -0.510. The maximum Gasteiger partial charge on any atom is 0.0623 e.